The summed E-state index contributed by atoms with van der Waals surface area (Å²) in [5, 5.41) is 4.80. The fraction of sp³-hybridized carbons (Fsp3) is 0.444. The van der Waals surface area contributed by atoms with Crippen LogP contribution in [0, 0.1) is 6.92 Å². The molecular formula is C18H20Cl2N2O3. The molecule has 1 unspecified atom stereocenters. The molecule has 25 heavy (non-hydrogen) atoms. The zero-order chi connectivity index (χ0) is 17.8. The number of aliphatic imine (C=N–C) groups is 1. The highest BCUT2D eigenvalue weighted by Crippen LogP contribution is 2.36. The highest BCUT2D eigenvalue weighted by Gasteiger charge is 2.18. The molecule has 134 valence electrons. The molecule has 0 radical (unpaired) electrons. The Hall–Kier alpha value is -1.72. The maximum Gasteiger partial charge on any atom is 0.216 e. The summed E-state index contributed by atoms with van der Waals surface area (Å²) >= 11 is 12.7. The van der Waals surface area contributed by atoms with Gasteiger partial charge in [-0.2, -0.15) is 0 Å². The molecule has 0 N–H and O–H groups in total. The van der Waals surface area contributed by atoms with Crippen molar-refractivity contribution in [2.45, 2.75) is 39.2 Å². The average Bonchev–Trinajstić information content (AvgIpc) is 3.22. The fourth-order valence-electron chi connectivity index (χ4n) is 2.66. The fourth-order valence-corrected chi connectivity index (χ4v) is 3.24. The van der Waals surface area contributed by atoms with Crippen molar-refractivity contribution in [3.63, 3.8) is 0 Å². The van der Waals surface area contributed by atoms with E-state index in [1.54, 1.807) is 12.1 Å². The van der Waals surface area contributed by atoms with Crippen LogP contribution in [0.4, 0.5) is 0 Å². The Balaban J connectivity index is 1.57. The van der Waals surface area contributed by atoms with Gasteiger partial charge in [0.05, 0.1) is 28.4 Å². The van der Waals surface area contributed by atoms with Crippen LogP contribution in [-0.2, 0) is 11.2 Å². The molecule has 0 saturated carbocycles. The van der Waals surface area contributed by atoms with E-state index in [4.69, 9.17) is 37.2 Å². The number of rotatable bonds is 7. The smallest absolute Gasteiger partial charge is 0.216 e. The van der Waals surface area contributed by atoms with Crippen LogP contribution in [0.5, 0.6) is 5.75 Å². The minimum atomic E-state index is -0.0232. The molecule has 0 amide bonds. The maximum absolute atomic E-state index is 6.35. The summed E-state index contributed by atoms with van der Waals surface area (Å²) in [7, 11) is 0. The van der Waals surface area contributed by atoms with E-state index >= 15 is 0 Å². The van der Waals surface area contributed by atoms with E-state index in [-0.39, 0.29) is 6.10 Å². The molecule has 7 heteroatoms. The molecular weight excluding hydrogens is 363 g/mol. The van der Waals surface area contributed by atoms with E-state index in [1.807, 2.05) is 19.9 Å². The summed E-state index contributed by atoms with van der Waals surface area (Å²) < 4.78 is 16.6. The minimum Gasteiger partial charge on any atom is -0.488 e. The van der Waals surface area contributed by atoms with Gasteiger partial charge in [0, 0.05) is 18.1 Å². The number of ether oxygens (including phenoxy) is 2. The number of hydrogen-bond acceptors (Lipinski definition) is 5. The van der Waals surface area contributed by atoms with Gasteiger partial charge >= 0.3 is 0 Å². The zero-order valence-corrected chi connectivity index (χ0v) is 15.7. The molecule has 0 bridgehead atoms. The van der Waals surface area contributed by atoms with Crippen molar-refractivity contribution in [2.24, 2.45) is 4.99 Å². The highest BCUT2D eigenvalue weighted by atomic mass is 35.5. The minimum absolute atomic E-state index is 0.0232. The summed E-state index contributed by atoms with van der Waals surface area (Å²) in [4.78, 5) is 4.27. The third kappa shape index (κ3) is 4.67. The Morgan fingerprint density at radius 3 is 2.60 bits per heavy atom. The molecule has 2 aromatic rings. The van der Waals surface area contributed by atoms with Crippen LogP contribution in [0.3, 0.4) is 0 Å². The number of hydrogen-bond donors (Lipinski definition) is 0. The standard InChI is InChI=1S/C18H20Cl2N2O3/c1-11-8-14(25-22-11)5-3-4-12(2)24-17-15(19)9-13(10-16(17)20)18-21-6-7-23-18/h8-10,12H,3-7H2,1-2H3. The molecule has 1 aromatic heterocycles. The summed E-state index contributed by atoms with van der Waals surface area (Å²) in [5.74, 6) is 1.96. The molecule has 1 aliphatic heterocycles. The van der Waals surface area contributed by atoms with Gasteiger partial charge in [-0.05, 0) is 38.8 Å². The van der Waals surface area contributed by atoms with Crippen LogP contribution in [-0.4, -0.2) is 30.3 Å². The second-order valence-corrected chi connectivity index (χ2v) is 6.87. The molecule has 1 aliphatic rings. The van der Waals surface area contributed by atoms with Gasteiger partial charge in [-0.3, -0.25) is 0 Å². The van der Waals surface area contributed by atoms with Gasteiger partial charge in [-0.1, -0.05) is 28.4 Å². The van der Waals surface area contributed by atoms with Gasteiger partial charge in [0.1, 0.15) is 12.4 Å². The lowest BCUT2D eigenvalue weighted by molar-refractivity contribution is 0.207. The molecule has 0 saturated heterocycles. The number of aromatic nitrogens is 1. The van der Waals surface area contributed by atoms with Crippen LogP contribution in [0.25, 0.3) is 0 Å². The van der Waals surface area contributed by atoms with Crippen LogP contribution < -0.4 is 4.74 Å². The van der Waals surface area contributed by atoms with Crippen molar-refractivity contribution < 1.29 is 14.0 Å². The Kier molecular flexibility index (Phi) is 5.86. The van der Waals surface area contributed by atoms with Gasteiger partial charge in [0.15, 0.2) is 5.75 Å². The van der Waals surface area contributed by atoms with Crippen molar-refractivity contribution in [3.05, 3.63) is 45.3 Å². The number of aryl methyl sites for hydroxylation is 2. The monoisotopic (exact) mass is 382 g/mol. The molecule has 1 atom stereocenters. The lowest BCUT2D eigenvalue weighted by Crippen LogP contribution is -2.13. The Labute approximate surface area is 156 Å². The normalized spacial score (nSPS) is 15.0. The zero-order valence-electron chi connectivity index (χ0n) is 14.2. The van der Waals surface area contributed by atoms with E-state index in [1.165, 1.54) is 0 Å². The summed E-state index contributed by atoms with van der Waals surface area (Å²) in [5.41, 5.74) is 1.67. The lowest BCUT2D eigenvalue weighted by atomic mass is 10.1. The number of halogens is 2. The Morgan fingerprint density at radius 1 is 1.24 bits per heavy atom. The Bertz CT molecular complexity index is 750. The first-order valence-corrected chi connectivity index (χ1v) is 9.04. The third-order valence-corrected chi connectivity index (χ3v) is 4.42. The maximum atomic E-state index is 6.35. The molecule has 3 rings (SSSR count). The first kappa shape index (κ1) is 18.1. The molecule has 0 spiro atoms. The molecule has 0 fully saturated rings. The van der Waals surface area contributed by atoms with E-state index in [9.17, 15) is 0 Å². The summed E-state index contributed by atoms with van der Waals surface area (Å²) in [6.07, 6.45) is 2.58. The average molecular weight is 383 g/mol. The van der Waals surface area contributed by atoms with Crippen molar-refractivity contribution >= 4 is 29.1 Å². The summed E-state index contributed by atoms with van der Waals surface area (Å²) in [6.45, 7) is 5.15. The predicted octanol–water partition coefficient (Wildman–Crippen LogP) is 4.86. The van der Waals surface area contributed by atoms with Gasteiger partial charge in [0.2, 0.25) is 5.90 Å². The van der Waals surface area contributed by atoms with E-state index in [2.05, 4.69) is 10.1 Å². The molecule has 0 aliphatic carbocycles. The van der Waals surface area contributed by atoms with Gasteiger partial charge in [0.25, 0.3) is 0 Å². The predicted molar refractivity (Wildman–Crippen MR) is 98.1 cm³/mol. The SMILES string of the molecule is Cc1cc(CCCC(C)Oc2c(Cl)cc(C3=NCCO3)cc2Cl)on1. The number of nitrogens with zero attached hydrogens (tertiary/aromatic N) is 2. The highest BCUT2D eigenvalue weighted by molar-refractivity contribution is 6.37. The topological polar surface area (TPSA) is 56.9 Å². The lowest BCUT2D eigenvalue weighted by Gasteiger charge is -2.17. The molecule has 5 nitrogen and oxygen atoms in total. The van der Waals surface area contributed by atoms with Gasteiger partial charge in [-0.15, -0.1) is 0 Å². The third-order valence-electron chi connectivity index (χ3n) is 3.86. The van der Waals surface area contributed by atoms with Crippen molar-refractivity contribution in [1.82, 2.24) is 5.16 Å². The van der Waals surface area contributed by atoms with Crippen LogP contribution in [0.1, 0.15) is 36.8 Å². The van der Waals surface area contributed by atoms with Crippen molar-refractivity contribution in [3.8, 4) is 5.75 Å². The quantitative estimate of drug-likeness (QED) is 0.685. The van der Waals surface area contributed by atoms with E-state index < -0.39 is 0 Å². The first-order valence-electron chi connectivity index (χ1n) is 8.28. The van der Waals surface area contributed by atoms with Gasteiger partial charge in [-0.25, -0.2) is 4.99 Å². The largest absolute Gasteiger partial charge is 0.488 e. The van der Waals surface area contributed by atoms with Gasteiger partial charge < -0.3 is 14.0 Å². The van der Waals surface area contributed by atoms with Crippen LogP contribution in [0.2, 0.25) is 10.0 Å². The van der Waals surface area contributed by atoms with Crippen molar-refractivity contribution in [1.29, 1.82) is 0 Å². The van der Waals surface area contributed by atoms with Crippen LogP contribution >= 0.6 is 23.2 Å². The molecule has 2 heterocycles. The summed E-state index contributed by atoms with van der Waals surface area (Å²) in [6, 6.07) is 5.50. The number of benzene rings is 1. The van der Waals surface area contributed by atoms with E-state index in [0.717, 1.165) is 36.3 Å². The molecule has 1 aromatic carbocycles. The second-order valence-electron chi connectivity index (χ2n) is 6.06. The van der Waals surface area contributed by atoms with E-state index in [0.29, 0.717) is 34.8 Å². The van der Waals surface area contributed by atoms with Crippen molar-refractivity contribution in [2.75, 3.05) is 13.2 Å². The van der Waals surface area contributed by atoms with Crippen LogP contribution in [0.15, 0.2) is 27.7 Å². The Morgan fingerprint density at radius 2 is 2.00 bits per heavy atom. The second kappa shape index (κ2) is 8.11. The first-order chi connectivity index (χ1) is 12.0.